The maximum absolute atomic E-state index is 11.3. The third-order valence-corrected chi connectivity index (χ3v) is 1.80. The minimum atomic E-state index is -0.276. The van der Waals surface area contributed by atoms with Gasteiger partial charge in [-0.25, -0.2) is 4.79 Å². The van der Waals surface area contributed by atoms with E-state index in [0.29, 0.717) is 25.3 Å². The molecule has 0 unspecified atom stereocenters. The average Bonchev–Trinajstić information content (AvgIpc) is 2.49. The Morgan fingerprint density at radius 2 is 2.21 bits per heavy atom. The lowest BCUT2D eigenvalue weighted by Gasteiger charge is -2.22. The Kier molecular flexibility index (Phi) is 3.91. The van der Waals surface area contributed by atoms with Crippen molar-refractivity contribution in [1.82, 2.24) is 10.2 Å². The Morgan fingerprint density at radius 3 is 2.79 bits per heavy atom. The highest BCUT2D eigenvalue weighted by atomic mass is 16.7. The molecule has 0 saturated heterocycles. The summed E-state index contributed by atoms with van der Waals surface area (Å²) in [6, 6.07) is 0. The van der Waals surface area contributed by atoms with Gasteiger partial charge in [-0.2, -0.15) is 10.2 Å². The lowest BCUT2D eigenvalue weighted by molar-refractivity contribution is -0.225. The Balaban J connectivity index is 2.55. The lowest BCUT2D eigenvalue weighted by atomic mass is 10.3. The number of esters is 1. The van der Waals surface area contributed by atoms with Crippen molar-refractivity contribution in [3.8, 4) is 0 Å². The number of hydrogen-bond acceptors (Lipinski definition) is 5. The minimum Gasteiger partial charge on any atom is -0.463 e. The molecular formula is C9H16N2O3. The van der Waals surface area contributed by atoms with Crippen LogP contribution in [-0.4, -0.2) is 43.0 Å². The van der Waals surface area contributed by atoms with Crippen LogP contribution in [0.1, 0.15) is 13.8 Å². The molecule has 0 aromatic heterocycles. The molecule has 0 aliphatic carbocycles. The van der Waals surface area contributed by atoms with Gasteiger partial charge in [-0.3, -0.25) is 4.84 Å². The van der Waals surface area contributed by atoms with E-state index in [2.05, 4.69) is 0 Å². The quantitative estimate of drug-likeness (QED) is 0.620. The minimum absolute atomic E-state index is 0.276. The number of carbonyl (C=O) groups excluding carboxylic acids is 1. The van der Waals surface area contributed by atoms with E-state index in [4.69, 9.17) is 9.57 Å². The Hall–Kier alpha value is -1.07. The van der Waals surface area contributed by atoms with Crippen LogP contribution in [0.2, 0.25) is 0 Å². The number of nitrogens with zero attached hydrogens (tertiary/aromatic N) is 2. The summed E-state index contributed by atoms with van der Waals surface area (Å²) in [5.41, 5.74) is 0.614. The zero-order valence-electron chi connectivity index (χ0n) is 8.82. The zero-order valence-corrected chi connectivity index (χ0v) is 8.82. The number of hydroxylamine groups is 1. The number of hydrogen-bond donors (Lipinski definition) is 0. The molecule has 0 amide bonds. The van der Waals surface area contributed by atoms with Crippen molar-refractivity contribution in [3.63, 3.8) is 0 Å². The average molecular weight is 200 g/mol. The second kappa shape index (κ2) is 4.97. The first-order valence-electron chi connectivity index (χ1n) is 4.70. The van der Waals surface area contributed by atoms with Crippen molar-refractivity contribution in [2.75, 3.05) is 26.8 Å². The van der Waals surface area contributed by atoms with Crippen LogP contribution >= 0.6 is 0 Å². The van der Waals surface area contributed by atoms with Gasteiger partial charge in [-0.05, 0) is 13.8 Å². The van der Waals surface area contributed by atoms with E-state index >= 15 is 0 Å². The number of ether oxygens (including phenoxy) is 1. The molecule has 0 bridgehead atoms. The molecular weight excluding hydrogens is 184 g/mol. The molecule has 0 saturated carbocycles. The van der Waals surface area contributed by atoms with Gasteiger partial charge in [0.05, 0.1) is 31.5 Å². The van der Waals surface area contributed by atoms with E-state index in [1.54, 1.807) is 23.3 Å². The topological polar surface area (TPSA) is 42.0 Å². The van der Waals surface area contributed by atoms with E-state index in [1.165, 1.54) is 0 Å². The summed E-state index contributed by atoms with van der Waals surface area (Å²) >= 11 is 0. The molecule has 1 rings (SSSR count). The van der Waals surface area contributed by atoms with Gasteiger partial charge in [0.15, 0.2) is 0 Å². The molecule has 5 heteroatoms. The van der Waals surface area contributed by atoms with Crippen molar-refractivity contribution < 1.29 is 14.4 Å². The number of likely N-dealkylation sites (N-methyl/N-ethyl adjacent to an activating group) is 1. The molecule has 5 nitrogen and oxygen atoms in total. The fraction of sp³-hybridized carbons (Fsp3) is 0.667. The first kappa shape index (κ1) is 11.0. The zero-order chi connectivity index (χ0) is 10.6. The first-order valence-corrected chi connectivity index (χ1v) is 4.70. The normalized spacial score (nSPS) is 17.1. The molecule has 0 spiro atoms. The first-order chi connectivity index (χ1) is 6.69. The van der Waals surface area contributed by atoms with E-state index in [-0.39, 0.29) is 5.97 Å². The predicted molar refractivity (Wildman–Crippen MR) is 50.8 cm³/mol. The summed E-state index contributed by atoms with van der Waals surface area (Å²) in [6.45, 7) is 5.17. The van der Waals surface area contributed by atoms with Crippen LogP contribution in [0.15, 0.2) is 11.8 Å². The fourth-order valence-corrected chi connectivity index (χ4v) is 1.20. The smallest absolute Gasteiger partial charge is 0.337 e. The van der Waals surface area contributed by atoms with Crippen LogP contribution in [-0.2, 0) is 14.4 Å². The van der Waals surface area contributed by atoms with Crippen molar-refractivity contribution in [3.05, 3.63) is 11.8 Å². The summed E-state index contributed by atoms with van der Waals surface area (Å²) < 4.78 is 4.88. The Labute approximate surface area is 83.8 Å². The molecule has 0 radical (unpaired) electrons. The summed E-state index contributed by atoms with van der Waals surface area (Å²) in [5, 5.41) is 3.35. The van der Waals surface area contributed by atoms with E-state index in [9.17, 15) is 4.79 Å². The van der Waals surface area contributed by atoms with Gasteiger partial charge in [0, 0.05) is 7.05 Å². The van der Waals surface area contributed by atoms with E-state index in [0.717, 1.165) is 0 Å². The molecule has 0 atom stereocenters. The van der Waals surface area contributed by atoms with Gasteiger partial charge in [0.2, 0.25) is 0 Å². The molecule has 1 heterocycles. The summed E-state index contributed by atoms with van der Waals surface area (Å²) in [6.07, 6.45) is 1.65. The molecule has 0 N–H and O–H groups in total. The maximum Gasteiger partial charge on any atom is 0.337 e. The Bertz CT molecular complexity index is 240. The number of hydrazine groups is 1. The summed E-state index contributed by atoms with van der Waals surface area (Å²) in [5.74, 6) is -0.276. The lowest BCUT2D eigenvalue weighted by Crippen LogP contribution is -2.31. The molecule has 14 heavy (non-hydrogen) atoms. The van der Waals surface area contributed by atoms with Crippen molar-refractivity contribution in [2.45, 2.75) is 13.8 Å². The van der Waals surface area contributed by atoms with Crippen LogP contribution in [0.5, 0.6) is 0 Å². The SMILES string of the molecule is CCOC(=O)C1=CN(OCC)N(C)C1. The molecule has 1 aliphatic rings. The third kappa shape index (κ3) is 2.46. The summed E-state index contributed by atoms with van der Waals surface area (Å²) in [4.78, 5) is 16.6. The van der Waals surface area contributed by atoms with Crippen LogP contribution in [0.25, 0.3) is 0 Å². The maximum atomic E-state index is 11.3. The molecule has 0 aromatic rings. The van der Waals surface area contributed by atoms with E-state index in [1.807, 2.05) is 14.0 Å². The molecule has 0 aromatic carbocycles. The van der Waals surface area contributed by atoms with Crippen LogP contribution < -0.4 is 0 Å². The highest BCUT2D eigenvalue weighted by Crippen LogP contribution is 2.14. The second-order valence-electron chi connectivity index (χ2n) is 2.91. The van der Waals surface area contributed by atoms with Crippen LogP contribution in [0, 0.1) is 0 Å². The third-order valence-electron chi connectivity index (χ3n) is 1.80. The monoisotopic (exact) mass is 200 g/mol. The van der Waals surface area contributed by atoms with Gasteiger partial charge in [-0.1, -0.05) is 0 Å². The van der Waals surface area contributed by atoms with Gasteiger partial charge < -0.3 is 4.74 Å². The largest absolute Gasteiger partial charge is 0.463 e. The van der Waals surface area contributed by atoms with Gasteiger partial charge >= 0.3 is 5.97 Å². The molecule has 80 valence electrons. The van der Waals surface area contributed by atoms with Crippen LogP contribution in [0.4, 0.5) is 0 Å². The van der Waals surface area contributed by atoms with Crippen molar-refractivity contribution in [2.24, 2.45) is 0 Å². The standard InChI is InChI=1S/C9H16N2O3/c1-4-13-9(12)8-6-10(3)11(7-8)14-5-2/h7H,4-6H2,1-3H3. The predicted octanol–water partition coefficient (Wildman–Crippen LogP) is 0.547. The van der Waals surface area contributed by atoms with Gasteiger partial charge in [0.25, 0.3) is 0 Å². The second-order valence-corrected chi connectivity index (χ2v) is 2.91. The number of carbonyl (C=O) groups is 1. The van der Waals surface area contributed by atoms with E-state index < -0.39 is 0 Å². The van der Waals surface area contributed by atoms with Crippen LogP contribution in [0.3, 0.4) is 0 Å². The highest BCUT2D eigenvalue weighted by molar-refractivity contribution is 5.89. The number of rotatable bonds is 4. The van der Waals surface area contributed by atoms with Crippen molar-refractivity contribution >= 4 is 5.97 Å². The van der Waals surface area contributed by atoms with Gasteiger partial charge in [0.1, 0.15) is 0 Å². The van der Waals surface area contributed by atoms with Gasteiger partial charge in [-0.15, -0.1) is 0 Å². The molecule has 0 fully saturated rings. The molecule has 1 aliphatic heterocycles. The summed E-state index contributed by atoms with van der Waals surface area (Å²) in [7, 11) is 1.85. The van der Waals surface area contributed by atoms with Crippen molar-refractivity contribution in [1.29, 1.82) is 0 Å². The fourth-order valence-electron chi connectivity index (χ4n) is 1.20. The Morgan fingerprint density at radius 1 is 1.50 bits per heavy atom. The highest BCUT2D eigenvalue weighted by Gasteiger charge is 2.24.